The van der Waals surface area contributed by atoms with Gasteiger partial charge in [-0.05, 0) is 47.1 Å². The lowest BCUT2D eigenvalue weighted by Crippen LogP contribution is -2.29. The van der Waals surface area contributed by atoms with Gasteiger partial charge in [0.25, 0.3) is 0 Å². The minimum atomic E-state index is -0.508. The second-order valence-electron chi connectivity index (χ2n) is 7.87. The van der Waals surface area contributed by atoms with Gasteiger partial charge in [-0.25, -0.2) is 4.98 Å². The maximum absolute atomic E-state index is 11.2. The van der Waals surface area contributed by atoms with Crippen LogP contribution in [0.5, 0.6) is 11.6 Å². The first-order valence-electron chi connectivity index (χ1n) is 10.4. The molecule has 1 heterocycles. The van der Waals surface area contributed by atoms with Gasteiger partial charge in [0.1, 0.15) is 5.75 Å². The number of nitrogens with two attached hydrogens (primary N) is 1. The van der Waals surface area contributed by atoms with E-state index in [9.17, 15) is 4.79 Å². The minimum absolute atomic E-state index is 0.354. The van der Waals surface area contributed by atoms with Gasteiger partial charge < -0.3 is 15.8 Å². The average Bonchev–Trinajstić information content (AvgIpc) is 3.21. The van der Waals surface area contributed by atoms with Gasteiger partial charge in [0.2, 0.25) is 11.8 Å². The van der Waals surface area contributed by atoms with E-state index in [1.807, 2.05) is 12.1 Å². The van der Waals surface area contributed by atoms with Crippen LogP contribution in [0.2, 0.25) is 0 Å². The molecule has 5 rings (SSSR count). The Morgan fingerprint density at radius 1 is 0.935 bits per heavy atom. The lowest BCUT2D eigenvalue weighted by molar-refractivity contribution is 0.1000. The first-order valence-corrected chi connectivity index (χ1v) is 10.4. The van der Waals surface area contributed by atoms with Crippen LogP contribution in [0.1, 0.15) is 27.0 Å². The molecule has 1 aliphatic rings. The third-order valence-corrected chi connectivity index (χ3v) is 5.84. The fourth-order valence-corrected chi connectivity index (χ4v) is 4.25. The molecule has 0 aliphatic heterocycles. The molecule has 0 saturated carbocycles. The molecule has 0 spiro atoms. The van der Waals surface area contributed by atoms with Gasteiger partial charge in [-0.2, -0.15) is 0 Å². The Morgan fingerprint density at radius 3 is 2.39 bits per heavy atom. The third-order valence-electron chi connectivity index (χ3n) is 5.84. The number of carbonyl (C=O) groups is 1. The van der Waals surface area contributed by atoms with Crippen molar-refractivity contribution in [2.24, 2.45) is 5.73 Å². The van der Waals surface area contributed by atoms with Crippen LogP contribution >= 0.6 is 0 Å². The summed E-state index contributed by atoms with van der Waals surface area (Å²) in [5.41, 5.74) is 9.76. The molecule has 154 valence electrons. The summed E-state index contributed by atoms with van der Waals surface area (Å²) in [6.45, 7) is 0.797. The molecule has 3 N–H and O–H groups in total. The Balaban J connectivity index is 1.34. The number of hydrogen-bond donors (Lipinski definition) is 2. The summed E-state index contributed by atoms with van der Waals surface area (Å²) in [7, 11) is 0. The highest BCUT2D eigenvalue weighted by molar-refractivity contribution is 5.92. The van der Waals surface area contributed by atoms with Crippen molar-refractivity contribution in [3.63, 3.8) is 0 Å². The molecular weight excluding hydrogens is 386 g/mol. The van der Waals surface area contributed by atoms with Crippen LogP contribution in [0.4, 0.5) is 0 Å². The second-order valence-corrected chi connectivity index (χ2v) is 7.87. The Hall–Kier alpha value is -3.70. The van der Waals surface area contributed by atoms with E-state index in [1.54, 1.807) is 12.1 Å². The Morgan fingerprint density at radius 2 is 1.68 bits per heavy atom. The Bertz CT molecular complexity index is 1230. The van der Waals surface area contributed by atoms with Gasteiger partial charge >= 0.3 is 0 Å². The molecule has 31 heavy (non-hydrogen) atoms. The van der Waals surface area contributed by atoms with Crippen LogP contribution < -0.4 is 15.8 Å². The standard InChI is InChI=1S/C26H23N3O2/c27-26(30)20-11-12-25(29-16-20)31-24-10-4-8-22-19(7-3-9-23(22)24)15-28-21-13-17-5-1-2-6-18(17)14-21/h1-12,16,21,28H,13-15H2,(H2,27,30). The van der Waals surface area contributed by atoms with E-state index in [-0.39, 0.29) is 0 Å². The van der Waals surface area contributed by atoms with Crippen LogP contribution in [0, 0.1) is 0 Å². The molecule has 4 aromatic rings. The van der Waals surface area contributed by atoms with E-state index in [4.69, 9.17) is 10.5 Å². The third kappa shape index (κ3) is 4.00. The molecule has 0 saturated heterocycles. The van der Waals surface area contributed by atoms with Crippen molar-refractivity contribution in [1.82, 2.24) is 10.3 Å². The number of amides is 1. The van der Waals surface area contributed by atoms with Crippen LogP contribution in [0.15, 0.2) is 79.0 Å². The van der Waals surface area contributed by atoms with Crippen LogP contribution in [-0.4, -0.2) is 16.9 Å². The van der Waals surface area contributed by atoms with Gasteiger partial charge in [0, 0.05) is 30.2 Å². The summed E-state index contributed by atoms with van der Waals surface area (Å²) in [6.07, 6.45) is 3.57. The number of nitrogens with one attached hydrogen (secondary N) is 1. The second kappa shape index (κ2) is 8.20. The number of fused-ring (bicyclic) bond motifs is 2. The van der Waals surface area contributed by atoms with Crippen molar-refractivity contribution in [1.29, 1.82) is 0 Å². The lowest BCUT2D eigenvalue weighted by Gasteiger charge is -2.15. The highest BCUT2D eigenvalue weighted by Crippen LogP contribution is 2.31. The minimum Gasteiger partial charge on any atom is -0.438 e. The van der Waals surface area contributed by atoms with Gasteiger partial charge in [-0.3, -0.25) is 4.79 Å². The fraction of sp³-hybridized carbons (Fsp3) is 0.154. The van der Waals surface area contributed by atoms with Crippen molar-refractivity contribution < 1.29 is 9.53 Å². The maximum atomic E-state index is 11.2. The highest BCUT2D eigenvalue weighted by Gasteiger charge is 2.20. The Labute approximate surface area is 180 Å². The van der Waals surface area contributed by atoms with E-state index < -0.39 is 5.91 Å². The number of carbonyl (C=O) groups excluding carboxylic acids is 1. The van der Waals surface area contributed by atoms with E-state index >= 15 is 0 Å². The molecule has 5 nitrogen and oxygen atoms in total. The summed E-state index contributed by atoms with van der Waals surface area (Å²) >= 11 is 0. The van der Waals surface area contributed by atoms with Crippen molar-refractivity contribution in [2.75, 3.05) is 0 Å². The van der Waals surface area contributed by atoms with E-state index in [0.29, 0.717) is 17.5 Å². The molecule has 0 unspecified atom stereocenters. The Kier molecular flexibility index (Phi) is 5.10. The number of pyridine rings is 1. The summed E-state index contributed by atoms with van der Waals surface area (Å²) in [4.78, 5) is 15.4. The van der Waals surface area contributed by atoms with E-state index in [0.717, 1.165) is 35.9 Å². The van der Waals surface area contributed by atoms with Crippen molar-refractivity contribution in [2.45, 2.75) is 25.4 Å². The SMILES string of the molecule is NC(=O)c1ccc(Oc2cccc3c(CNC4Cc5ccccc5C4)cccc23)nc1. The zero-order valence-electron chi connectivity index (χ0n) is 17.0. The molecular formula is C26H23N3O2. The number of nitrogens with zero attached hydrogens (tertiary/aromatic N) is 1. The topological polar surface area (TPSA) is 77.2 Å². The van der Waals surface area contributed by atoms with Gasteiger partial charge in [0.05, 0.1) is 5.56 Å². The zero-order valence-corrected chi connectivity index (χ0v) is 17.0. The summed E-state index contributed by atoms with van der Waals surface area (Å²) in [5, 5.41) is 5.90. The summed E-state index contributed by atoms with van der Waals surface area (Å²) < 4.78 is 6.02. The fourth-order valence-electron chi connectivity index (χ4n) is 4.25. The van der Waals surface area contributed by atoms with Crippen LogP contribution in [-0.2, 0) is 19.4 Å². The number of benzene rings is 3. The number of primary amides is 1. The molecule has 5 heteroatoms. The van der Waals surface area contributed by atoms with E-state index in [1.165, 1.54) is 22.9 Å². The van der Waals surface area contributed by atoms with Gasteiger partial charge in [0.15, 0.2) is 0 Å². The quantitative estimate of drug-likeness (QED) is 0.495. The van der Waals surface area contributed by atoms with Crippen LogP contribution in [0.3, 0.4) is 0 Å². The normalized spacial score (nSPS) is 13.3. The summed E-state index contributed by atoms with van der Waals surface area (Å²) in [6, 6.07) is 24.7. The predicted octanol–water partition coefficient (Wildman–Crippen LogP) is 4.38. The van der Waals surface area contributed by atoms with Crippen molar-refractivity contribution >= 4 is 16.7 Å². The van der Waals surface area contributed by atoms with E-state index in [2.05, 4.69) is 58.8 Å². The number of rotatable bonds is 6. The highest BCUT2D eigenvalue weighted by atomic mass is 16.5. The largest absolute Gasteiger partial charge is 0.438 e. The molecule has 1 aromatic heterocycles. The van der Waals surface area contributed by atoms with Gasteiger partial charge in [-0.15, -0.1) is 0 Å². The number of aromatic nitrogens is 1. The molecule has 0 atom stereocenters. The predicted molar refractivity (Wildman–Crippen MR) is 121 cm³/mol. The first-order chi connectivity index (χ1) is 15.2. The smallest absolute Gasteiger partial charge is 0.250 e. The maximum Gasteiger partial charge on any atom is 0.250 e. The van der Waals surface area contributed by atoms with Crippen molar-refractivity contribution in [3.8, 4) is 11.6 Å². The first kappa shape index (κ1) is 19.3. The molecule has 0 bridgehead atoms. The van der Waals surface area contributed by atoms with Crippen LogP contribution in [0.25, 0.3) is 10.8 Å². The molecule has 3 aromatic carbocycles. The van der Waals surface area contributed by atoms with Crippen molar-refractivity contribution in [3.05, 3.63) is 101 Å². The molecule has 0 radical (unpaired) electrons. The average molecular weight is 409 g/mol. The lowest BCUT2D eigenvalue weighted by atomic mass is 10.0. The number of hydrogen-bond acceptors (Lipinski definition) is 4. The zero-order chi connectivity index (χ0) is 21.2. The number of ether oxygens (including phenoxy) is 1. The monoisotopic (exact) mass is 409 g/mol. The molecule has 0 fully saturated rings. The molecule has 1 aliphatic carbocycles. The summed E-state index contributed by atoms with van der Waals surface area (Å²) in [5.74, 6) is 0.642. The van der Waals surface area contributed by atoms with Gasteiger partial charge in [-0.1, -0.05) is 54.6 Å². The molecule has 1 amide bonds.